The van der Waals surface area contributed by atoms with Crippen molar-refractivity contribution < 1.29 is 23.1 Å². The summed E-state index contributed by atoms with van der Waals surface area (Å²) in [5, 5.41) is 10.8. The summed E-state index contributed by atoms with van der Waals surface area (Å²) in [4.78, 5) is 25.1. The maximum Gasteiger partial charge on any atom is 0.323 e. The minimum atomic E-state index is -3.18. The van der Waals surface area contributed by atoms with E-state index in [4.69, 9.17) is 5.11 Å². The molecule has 1 N–H and O–H groups in total. The number of rotatable bonds is 5. The summed E-state index contributed by atoms with van der Waals surface area (Å²) in [7, 11) is -3.18. The molecule has 1 amide bonds. The topological polar surface area (TPSA) is 91.8 Å². The summed E-state index contributed by atoms with van der Waals surface area (Å²) >= 11 is 1.45. The van der Waals surface area contributed by atoms with Crippen LogP contribution in [0.5, 0.6) is 0 Å². The van der Waals surface area contributed by atoms with Crippen molar-refractivity contribution in [3.63, 3.8) is 0 Å². The SMILES string of the molecule is O=C(O)CN(C(=O)/C=C/c1cccs1)C1CCS(=O)(=O)C1. The van der Waals surface area contributed by atoms with E-state index in [9.17, 15) is 18.0 Å². The average molecular weight is 329 g/mol. The molecule has 1 atom stereocenters. The third-order valence-electron chi connectivity index (χ3n) is 3.17. The largest absolute Gasteiger partial charge is 0.480 e. The molecule has 1 aliphatic rings. The minimum Gasteiger partial charge on any atom is -0.480 e. The number of carbonyl (C=O) groups is 2. The van der Waals surface area contributed by atoms with Crippen molar-refractivity contribution in [1.82, 2.24) is 4.90 Å². The highest BCUT2D eigenvalue weighted by Crippen LogP contribution is 2.19. The van der Waals surface area contributed by atoms with Crippen LogP contribution in [0, 0.1) is 0 Å². The Labute approximate surface area is 126 Å². The van der Waals surface area contributed by atoms with Crippen molar-refractivity contribution in [3.8, 4) is 0 Å². The van der Waals surface area contributed by atoms with Gasteiger partial charge in [0, 0.05) is 17.0 Å². The van der Waals surface area contributed by atoms with Crippen molar-refractivity contribution in [2.75, 3.05) is 18.1 Å². The van der Waals surface area contributed by atoms with E-state index in [1.807, 2.05) is 17.5 Å². The number of aliphatic carboxylic acids is 1. The van der Waals surface area contributed by atoms with Crippen LogP contribution in [0.25, 0.3) is 6.08 Å². The summed E-state index contributed by atoms with van der Waals surface area (Å²) in [5.41, 5.74) is 0. The van der Waals surface area contributed by atoms with E-state index in [-0.39, 0.29) is 17.9 Å². The van der Waals surface area contributed by atoms with Gasteiger partial charge in [-0.3, -0.25) is 9.59 Å². The van der Waals surface area contributed by atoms with Crippen LogP contribution in [0.3, 0.4) is 0 Å². The Kier molecular flexibility index (Phi) is 4.79. The Hall–Kier alpha value is -1.67. The van der Waals surface area contributed by atoms with E-state index in [2.05, 4.69) is 0 Å². The fourth-order valence-electron chi connectivity index (χ4n) is 2.19. The van der Waals surface area contributed by atoms with Crippen LogP contribution in [0.15, 0.2) is 23.6 Å². The van der Waals surface area contributed by atoms with Crippen molar-refractivity contribution in [3.05, 3.63) is 28.5 Å². The third-order valence-corrected chi connectivity index (χ3v) is 5.76. The molecule has 0 aliphatic carbocycles. The molecule has 0 radical (unpaired) electrons. The monoisotopic (exact) mass is 329 g/mol. The van der Waals surface area contributed by atoms with E-state index in [1.54, 1.807) is 6.08 Å². The van der Waals surface area contributed by atoms with Crippen LogP contribution >= 0.6 is 11.3 Å². The van der Waals surface area contributed by atoms with Gasteiger partial charge in [0.1, 0.15) is 6.54 Å². The number of carboxylic acids is 1. The minimum absolute atomic E-state index is 0.00426. The first-order valence-electron chi connectivity index (χ1n) is 6.32. The molecular formula is C13H15NO5S2. The lowest BCUT2D eigenvalue weighted by atomic mass is 10.2. The van der Waals surface area contributed by atoms with Gasteiger partial charge in [-0.1, -0.05) is 6.07 Å². The molecule has 1 fully saturated rings. The fraction of sp³-hybridized carbons (Fsp3) is 0.385. The summed E-state index contributed by atoms with van der Waals surface area (Å²) in [6, 6.07) is 3.11. The fourth-order valence-corrected chi connectivity index (χ4v) is 4.54. The number of hydrogen-bond acceptors (Lipinski definition) is 5. The molecule has 1 unspecified atom stereocenters. The number of sulfone groups is 1. The van der Waals surface area contributed by atoms with Gasteiger partial charge >= 0.3 is 5.97 Å². The third kappa shape index (κ3) is 4.40. The predicted octanol–water partition coefficient (Wildman–Crippen LogP) is 0.862. The number of nitrogens with zero attached hydrogens (tertiary/aromatic N) is 1. The zero-order valence-electron chi connectivity index (χ0n) is 11.1. The molecule has 1 aromatic rings. The smallest absolute Gasteiger partial charge is 0.323 e. The number of carboxylic acid groups (broad SMARTS) is 1. The van der Waals surface area contributed by atoms with Crippen LogP contribution in [0.2, 0.25) is 0 Å². The molecule has 21 heavy (non-hydrogen) atoms. The molecule has 1 aromatic heterocycles. The highest BCUT2D eigenvalue weighted by Gasteiger charge is 2.34. The number of hydrogen-bond donors (Lipinski definition) is 1. The highest BCUT2D eigenvalue weighted by atomic mass is 32.2. The van der Waals surface area contributed by atoms with E-state index >= 15 is 0 Å². The molecule has 6 nitrogen and oxygen atoms in total. The quantitative estimate of drug-likeness (QED) is 0.809. The molecule has 2 heterocycles. The van der Waals surface area contributed by atoms with Gasteiger partial charge in [-0.25, -0.2) is 8.42 Å². The Balaban J connectivity index is 2.12. The molecule has 0 saturated carbocycles. The number of amides is 1. The Morgan fingerprint density at radius 1 is 1.48 bits per heavy atom. The summed E-state index contributed by atoms with van der Waals surface area (Å²) in [6.45, 7) is -0.492. The van der Waals surface area contributed by atoms with E-state index < -0.39 is 34.3 Å². The molecule has 1 aliphatic heterocycles. The second-order valence-electron chi connectivity index (χ2n) is 4.77. The lowest BCUT2D eigenvalue weighted by Gasteiger charge is -2.25. The van der Waals surface area contributed by atoms with Crippen LogP contribution in [0.4, 0.5) is 0 Å². The molecule has 114 valence electrons. The first-order chi connectivity index (χ1) is 9.87. The summed E-state index contributed by atoms with van der Waals surface area (Å²) in [5.74, 6) is -1.81. The maximum absolute atomic E-state index is 12.2. The second kappa shape index (κ2) is 6.40. The van der Waals surface area contributed by atoms with Gasteiger partial charge in [0.25, 0.3) is 0 Å². The van der Waals surface area contributed by atoms with E-state index in [0.29, 0.717) is 0 Å². The van der Waals surface area contributed by atoms with E-state index in [0.717, 1.165) is 9.78 Å². The molecule has 2 rings (SSSR count). The predicted molar refractivity (Wildman–Crippen MR) is 79.8 cm³/mol. The Morgan fingerprint density at radius 3 is 2.76 bits per heavy atom. The maximum atomic E-state index is 12.2. The number of carbonyl (C=O) groups excluding carboxylic acids is 1. The molecule has 0 bridgehead atoms. The highest BCUT2D eigenvalue weighted by molar-refractivity contribution is 7.91. The molecule has 1 saturated heterocycles. The average Bonchev–Trinajstić information content (AvgIpc) is 3.02. The standard InChI is InChI=1S/C13H15NO5S2/c15-12(4-3-11-2-1-6-20-11)14(8-13(16)17)10-5-7-21(18,19)9-10/h1-4,6,10H,5,7-9H2,(H,16,17)/b4-3+. The van der Waals surface area contributed by atoms with Crippen molar-refractivity contribution in [2.24, 2.45) is 0 Å². The van der Waals surface area contributed by atoms with Gasteiger partial charge < -0.3 is 10.0 Å². The first-order valence-corrected chi connectivity index (χ1v) is 9.02. The van der Waals surface area contributed by atoms with Gasteiger partial charge in [0.05, 0.1) is 11.5 Å². The molecule has 8 heteroatoms. The van der Waals surface area contributed by atoms with E-state index in [1.165, 1.54) is 17.4 Å². The summed E-state index contributed by atoms with van der Waals surface area (Å²) < 4.78 is 23.0. The van der Waals surface area contributed by atoms with Gasteiger partial charge in [-0.05, 0) is 23.9 Å². The zero-order chi connectivity index (χ0) is 15.5. The first kappa shape index (κ1) is 15.7. The van der Waals surface area contributed by atoms with Crippen molar-refractivity contribution in [2.45, 2.75) is 12.5 Å². The molecule has 0 aromatic carbocycles. The molecular weight excluding hydrogens is 314 g/mol. The van der Waals surface area contributed by atoms with Crippen LogP contribution in [0.1, 0.15) is 11.3 Å². The second-order valence-corrected chi connectivity index (χ2v) is 7.97. The van der Waals surface area contributed by atoms with Crippen LogP contribution in [-0.4, -0.2) is 54.4 Å². The molecule has 0 spiro atoms. The Morgan fingerprint density at radius 2 is 2.24 bits per heavy atom. The van der Waals surface area contributed by atoms with Gasteiger partial charge in [0.2, 0.25) is 5.91 Å². The lowest BCUT2D eigenvalue weighted by Crippen LogP contribution is -2.43. The summed E-state index contributed by atoms with van der Waals surface area (Å²) in [6.07, 6.45) is 3.18. The van der Waals surface area contributed by atoms with Crippen LogP contribution in [-0.2, 0) is 19.4 Å². The zero-order valence-corrected chi connectivity index (χ0v) is 12.8. The van der Waals surface area contributed by atoms with Crippen molar-refractivity contribution >= 4 is 39.1 Å². The number of thiophene rings is 1. The van der Waals surface area contributed by atoms with Gasteiger partial charge in [-0.2, -0.15) is 0 Å². The lowest BCUT2D eigenvalue weighted by molar-refractivity contribution is -0.143. The Bertz CT molecular complexity index is 648. The van der Waals surface area contributed by atoms with Crippen LogP contribution < -0.4 is 0 Å². The van der Waals surface area contributed by atoms with Crippen molar-refractivity contribution in [1.29, 1.82) is 0 Å². The normalized spacial score (nSPS) is 20.7. The van der Waals surface area contributed by atoms with Gasteiger partial charge in [0.15, 0.2) is 9.84 Å². The van der Waals surface area contributed by atoms with Gasteiger partial charge in [-0.15, -0.1) is 11.3 Å².